The number of nitrogens with one attached hydrogen (secondary N) is 1. The van der Waals surface area contributed by atoms with Crippen LogP contribution in [0.2, 0.25) is 0 Å². The van der Waals surface area contributed by atoms with Crippen LogP contribution in [0.5, 0.6) is 5.75 Å². The normalized spacial score (nSPS) is 9.88. The highest BCUT2D eigenvalue weighted by Gasteiger charge is 2.11. The molecule has 0 saturated carbocycles. The van der Waals surface area contributed by atoms with Crippen LogP contribution < -0.4 is 10.1 Å². The van der Waals surface area contributed by atoms with E-state index in [1.54, 1.807) is 42.5 Å². The Bertz CT molecular complexity index is 830. The number of anilines is 1. The van der Waals surface area contributed by atoms with E-state index in [0.717, 1.165) is 0 Å². The number of ketones is 1. The molecule has 0 unspecified atom stereocenters. The van der Waals surface area contributed by atoms with E-state index in [1.807, 2.05) is 0 Å². The molecule has 0 spiro atoms. The lowest BCUT2D eigenvalue weighted by Gasteiger charge is -2.09. The molecule has 1 N–H and O–H groups in total. The number of aldehydes is 1. The van der Waals surface area contributed by atoms with Gasteiger partial charge in [0, 0.05) is 11.3 Å². The molecule has 0 aliphatic heterocycles. The smallest absolute Gasteiger partial charge is 0.344 e. The fourth-order valence-electron chi connectivity index (χ4n) is 2.05. The quantitative estimate of drug-likeness (QED) is 0.443. The van der Waals surface area contributed by atoms with Gasteiger partial charge in [-0.05, 0) is 31.2 Å². The van der Waals surface area contributed by atoms with Crippen LogP contribution >= 0.6 is 0 Å². The zero-order valence-corrected chi connectivity index (χ0v) is 14.1. The molecule has 2 aromatic rings. The van der Waals surface area contributed by atoms with Gasteiger partial charge in [-0.1, -0.05) is 24.3 Å². The summed E-state index contributed by atoms with van der Waals surface area (Å²) in [5.41, 5.74) is 1.19. The van der Waals surface area contributed by atoms with Crippen molar-refractivity contribution in [3.05, 3.63) is 59.7 Å². The lowest BCUT2D eigenvalue weighted by molar-refractivity contribution is -0.149. The molecule has 26 heavy (non-hydrogen) atoms. The third kappa shape index (κ3) is 5.55. The maximum absolute atomic E-state index is 11.8. The van der Waals surface area contributed by atoms with Crippen LogP contribution in [-0.4, -0.2) is 37.2 Å². The Balaban J connectivity index is 1.80. The van der Waals surface area contributed by atoms with Crippen molar-refractivity contribution in [3.8, 4) is 5.75 Å². The number of carbonyl (C=O) groups is 4. The number of hydrogen-bond donors (Lipinski definition) is 1. The second-order valence-corrected chi connectivity index (χ2v) is 5.29. The van der Waals surface area contributed by atoms with Gasteiger partial charge < -0.3 is 14.8 Å². The van der Waals surface area contributed by atoms with Crippen LogP contribution in [-0.2, 0) is 14.3 Å². The molecule has 0 radical (unpaired) electrons. The highest BCUT2D eigenvalue weighted by molar-refractivity contribution is 5.97. The number of rotatable bonds is 8. The van der Waals surface area contributed by atoms with Crippen molar-refractivity contribution >= 4 is 29.6 Å². The molecule has 0 fully saturated rings. The molecule has 7 nitrogen and oxygen atoms in total. The van der Waals surface area contributed by atoms with Crippen molar-refractivity contribution in [2.75, 3.05) is 18.5 Å². The predicted octanol–water partition coefficient (Wildman–Crippen LogP) is 2.26. The van der Waals surface area contributed by atoms with Gasteiger partial charge in [-0.15, -0.1) is 0 Å². The fraction of sp³-hybridized carbons (Fsp3) is 0.158. The van der Waals surface area contributed by atoms with Gasteiger partial charge in [-0.25, -0.2) is 4.79 Å². The molecular weight excluding hydrogens is 338 g/mol. The van der Waals surface area contributed by atoms with Crippen molar-refractivity contribution in [2.24, 2.45) is 0 Å². The van der Waals surface area contributed by atoms with Crippen LogP contribution in [0, 0.1) is 0 Å². The summed E-state index contributed by atoms with van der Waals surface area (Å²) in [5, 5.41) is 2.53. The standard InChI is InChI=1S/C19H17NO6/c1-13(22)14-6-4-7-16(9-14)20-18(23)11-26-19(24)12-25-17-8-3-2-5-15(17)10-21/h2-10H,11-12H2,1H3,(H,20,23). The first-order chi connectivity index (χ1) is 12.5. The molecule has 7 heteroatoms. The summed E-state index contributed by atoms with van der Waals surface area (Å²) in [5.74, 6) is -1.17. The van der Waals surface area contributed by atoms with Gasteiger partial charge in [-0.3, -0.25) is 14.4 Å². The SMILES string of the molecule is CC(=O)c1cccc(NC(=O)COC(=O)COc2ccccc2C=O)c1. The number of hydrogen-bond acceptors (Lipinski definition) is 6. The lowest BCUT2D eigenvalue weighted by Crippen LogP contribution is -2.23. The number of benzene rings is 2. The Labute approximate surface area is 149 Å². The average molecular weight is 355 g/mol. The van der Waals surface area contributed by atoms with E-state index >= 15 is 0 Å². The number of amides is 1. The van der Waals surface area contributed by atoms with E-state index < -0.39 is 25.1 Å². The summed E-state index contributed by atoms with van der Waals surface area (Å²) in [7, 11) is 0. The first kappa shape index (κ1) is 18.9. The number of ether oxygens (including phenoxy) is 2. The zero-order valence-electron chi connectivity index (χ0n) is 14.1. The second kappa shape index (κ2) is 9.12. The molecule has 0 atom stereocenters. The number of para-hydroxylation sites is 1. The minimum absolute atomic E-state index is 0.125. The number of Topliss-reactive ketones (excluding diaryl/α,β-unsaturated/α-hetero) is 1. The first-order valence-corrected chi connectivity index (χ1v) is 7.73. The molecule has 134 valence electrons. The predicted molar refractivity (Wildman–Crippen MR) is 93.4 cm³/mol. The van der Waals surface area contributed by atoms with Crippen LogP contribution in [0.25, 0.3) is 0 Å². The van der Waals surface area contributed by atoms with Gasteiger partial charge >= 0.3 is 5.97 Å². The number of carbonyl (C=O) groups excluding carboxylic acids is 4. The monoisotopic (exact) mass is 355 g/mol. The molecule has 1 amide bonds. The Hall–Kier alpha value is -3.48. The van der Waals surface area contributed by atoms with Crippen LogP contribution in [0.15, 0.2) is 48.5 Å². The summed E-state index contributed by atoms with van der Waals surface area (Å²) < 4.78 is 10.0. The van der Waals surface area contributed by atoms with E-state index in [9.17, 15) is 19.2 Å². The molecule has 0 saturated heterocycles. The van der Waals surface area contributed by atoms with Crippen LogP contribution in [0.3, 0.4) is 0 Å². The number of esters is 1. The molecule has 0 aromatic heterocycles. The zero-order chi connectivity index (χ0) is 18.9. The van der Waals surface area contributed by atoms with E-state index in [4.69, 9.17) is 9.47 Å². The summed E-state index contributed by atoms with van der Waals surface area (Å²) in [4.78, 5) is 45.6. The van der Waals surface area contributed by atoms with Crippen LogP contribution in [0.4, 0.5) is 5.69 Å². The summed E-state index contributed by atoms with van der Waals surface area (Å²) in [6.45, 7) is 0.491. The molecule has 0 bridgehead atoms. The highest BCUT2D eigenvalue weighted by atomic mass is 16.6. The Morgan fingerprint density at radius 3 is 2.54 bits per heavy atom. The van der Waals surface area contributed by atoms with E-state index in [1.165, 1.54) is 13.0 Å². The van der Waals surface area contributed by atoms with Gasteiger partial charge in [0.2, 0.25) is 0 Å². The lowest BCUT2D eigenvalue weighted by atomic mass is 10.1. The molecule has 0 aliphatic carbocycles. The minimum Gasteiger partial charge on any atom is -0.481 e. The highest BCUT2D eigenvalue weighted by Crippen LogP contribution is 2.15. The van der Waals surface area contributed by atoms with Gasteiger partial charge in [0.25, 0.3) is 5.91 Å². The topological polar surface area (TPSA) is 98.8 Å². The summed E-state index contributed by atoms with van der Waals surface area (Å²) in [6, 6.07) is 12.8. The van der Waals surface area contributed by atoms with Gasteiger partial charge in [0.05, 0.1) is 5.56 Å². The van der Waals surface area contributed by atoms with E-state index in [-0.39, 0.29) is 11.5 Å². The molecule has 0 heterocycles. The third-order valence-electron chi connectivity index (χ3n) is 3.31. The second-order valence-electron chi connectivity index (χ2n) is 5.29. The Morgan fingerprint density at radius 2 is 1.81 bits per heavy atom. The van der Waals surface area contributed by atoms with Crippen molar-refractivity contribution in [1.82, 2.24) is 0 Å². The fourth-order valence-corrected chi connectivity index (χ4v) is 2.05. The average Bonchev–Trinajstić information content (AvgIpc) is 2.65. The summed E-state index contributed by atoms with van der Waals surface area (Å²) in [6.07, 6.45) is 0.614. The summed E-state index contributed by atoms with van der Waals surface area (Å²) >= 11 is 0. The molecule has 0 aliphatic rings. The van der Waals surface area contributed by atoms with E-state index in [0.29, 0.717) is 23.1 Å². The van der Waals surface area contributed by atoms with Gasteiger partial charge in [-0.2, -0.15) is 0 Å². The van der Waals surface area contributed by atoms with Crippen LogP contribution in [0.1, 0.15) is 27.6 Å². The third-order valence-corrected chi connectivity index (χ3v) is 3.31. The first-order valence-electron chi connectivity index (χ1n) is 7.73. The van der Waals surface area contributed by atoms with Crippen molar-refractivity contribution < 1.29 is 28.7 Å². The van der Waals surface area contributed by atoms with Gasteiger partial charge in [0.1, 0.15) is 5.75 Å². The Kier molecular flexibility index (Phi) is 6.61. The molecule has 2 rings (SSSR count). The maximum Gasteiger partial charge on any atom is 0.344 e. The maximum atomic E-state index is 11.8. The van der Waals surface area contributed by atoms with Gasteiger partial charge in [0.15, 0.2) is 25.3 Å². The molecular formula is C19H17NO6. The minimum atomic E-state index is -0.752. The molecule has 2 aromatic carbocycles. The van der Waals surface area contributed by atoms with Crippen molar-refractivity contribution in [1.29, 1.82) is 0 Å². The van der Waals surface area contributed by atoms with Crippen molar-refractivity contribution in [2.45, 2.75) is 6.92 Å². The van der Waals surface area contributed by atoms with Crippen molar-refractivity contribution in [3.63, 3.8) is 0 Å². The van der Waals surface area contributed by atoms with E-state index in [2.05, 4.69) is 5.32 Å². The largest absolute Gasteiger partial charge is 0.481 e. The Morgan fingerprint density at radius 1 is 1.04 bits per heavy atom.